The molecule has 0 saturated carbocycles. The van der Waals surface area contributed by atoms with Crippen LogP contribution in [0.5, 0.6) is 0 Å². The number of pyridine rings is 1. The first kappa shape index (κ1) is 37.2. The Bertz CT molecular complexity index is 3000. The molecule has 1 unspecified atom stereocenters. The van der Waals surface area contributed by atoms with Gasteiger partial charge < -0.3 is 5.32 Å². The summed E-state index contributed by atoms with van der Waals surface area (Å²) >= 11 is 0. The van der Waals surface area contributed by atoms with E-state index >= 15 is 0 Å². The Balaban J connectivity index is 1.11. The van der Waals surface area contributed by atoms with Gasteiger partial charge in [-0.3, -0.25) is 9.98 Å². The van der Waals surface area contributed by atoms with E-state index in [0.29, 0.717) is 17.5 Å². The maximum atomic E-state index is 5.36. The van der Waals surface area contributed by atoms with E-state index in [2.05, 4.69) is 139 Å². The number of hydrogen-bond acceptors (Lipinski definition) is 6. The summed E-state index contributed by atoms with van der Waals surface area (Å²) < 4.78 is 0. The van der Waals surface area contributed by atoms with Crippen LogP contribution in [0.15, 0.2) is 217 Å². The SMILES string of the molecule is Cc1cccc(-c2cc(-c3cccc(-c4nc(-c5ccccc5)nc(-c5ccccc5)n4)c3)cc(-c3ccccc3C3N=C(c4ccccc4)C=C(c4ccccc4)N3)c2)n1. The molecule has 0 bridgehead atoms. The lowest BCUT2D eigenvalue weighted by Gasteiger charge is -2.26. The molecule has 0 amide bonds. The predicted molar refractivity (Wildman–Crippen MR) is 248 cm³/mol. The van der Waals surface area contributed by atoms with Crippen LogP contribution in [0.3, 0.4) is 0 Å². The molecule has 1 aliphatic heterocycles. The fraction of sp³-hybridized carbons (Fsp3) is 0.0364. The van der Waals surface area contributed by atoms with Crippen LogP contribution in [0.25, 0.3) is 73.4 Å². The van der Waals surface area contributed by atoms with Crippen LogP contribution >= 0.6 is 0 Å². The minimum Gasteiger partial charge on any atom is -0.359 e. The highest BCUT2D eigenvalue weighted by atomic mass is 15.1. The zero-order valence-corrected chi connectivity index (χ0v) is 33.5. The van der Waals surface area contributed by atoms with Crippen molar-refractivity contribution in [1.29, 1.82) is 0 Å². The number of rotatable bonds is 9. The van der Waals surface area contributed by atoms with E-state index in [4.69, 9.17) is 24.9 Å². The maximum absolute atomic E-state index is 5.36. The van der Waals surface area contributed by atoms with E-state index in [1.807, 2.05) is 85.8 Å². The lowest BCUT2D eigenvalue weighted by atomic mass is 9.91. The molecule has 0 fully saturated rings. The lowest BCUT2D eigenvalue weighted by molar-refractivity contribution is 0.665. The number of hydrogen-bond donors (Lipinski definition) is 1. The van der Waals surface area contributed by atoms with Crippen LogP contribution in [0.1, 0.15) is 28.6 Å². The Kier molecular flexibility index (Phi) is 10.1. The van der Waals surface area contributed by atoms with Crippen LogP contribution in [0.2, 0.25) is 0 Å². The van der Waals surface area contributed by atoms with E-state index in [9.17, 15) is 0 Å². The largest absolute Gasteiger partial charge is 0.359 e. The van der Waals surface area contributed by atoms with Gasteiger partial charge in [-0.25, -0.2) is 15.0 Å². The molecule has 2 aromatic heterocycles. The van der Waals surface area contributed by atoms with Crippen molar-refractivity contribution >= 4 is 11.4 Å². The maximum Gasteiger partial charge on any atom is 0.164 e. The Morgan fingerprint density at radius 1 is 0.377 bits per heavy atom. The summed E-state index contributed by atoms with van der Waals surface area (Å²) in [6, 6.07) is 71.0. The number of nitrogens with zero attached hydrogens (tertiary/aromatic N) is 5. The lowest BCUT2D eigenvalue weighted by Crippen LogP contribution is -2.25. The van der Waals surface area contributed by atoms with Crippen molar-refractivity contribution in [3.05, 3.63) is 235 Å². The molecule has 1 N–H and O–H groups in total. The molecule has 6 nitrogen and oxygen atoms in total. The third-order valence-corrected chi connectivity index (χ3v) is 10.8. The number of benzene rings is 7. The third-order valence-electron chi connectivity index (χ3n) is 10.8. The molecule has 0 radical (unpaired) electrons. The fourth-order valence-corrected chi connectivity index (χ4v) is 7.81. The van der Waals surface area contributed by atoms with E-state index in [0.717, 1.165) is 84.0 Å². The van der Waals surface area contributed by atoms with Crippen molar-refractivity contribution in [2.24, 2.45) is 4.99 Å². The summed E-state index contributed by atoms with van der Waals surface area (Å²) in [5.74, 6) is 1.86. The monoisotopic (exact) mass is 784 g/mol. The first-order valence-corrected chi connectivity index (χ1v) is 20.4. The molecule has 0 aliphatic carbocycles. The quantitative estimate of drug-likeness (QED) is 0.158. The molecular weight excluding hydrogens is 745 g/mol. The number of aryl methyl sites for hydroxylation is 1. The van der Waals surface area contributed by atoms with Gasteiger partial charge in [-0.2, -0.15) is 0 Å². The Morgan fingerprint density at radius 3 is 1.52 bits per heavy atom. The second-order valence-electron chi connectivity index (χ2n) is 15.0. The number of allylic oxidation sites excluding steroid dienone is 1. The van der Waals surface area contributed by atoms with Gasteiger partial charge in [0.15, 0.2) is 17.5 Å². The van der Waals surface area contributed by atoms with Gasteiger partial charge in [-0.15, -0.1) is 0 Å². The average Bonchev–Trinajstić information content (AvgIpc) is 3.34. The molecule has 0 spiro atoms. The summed E-state index contributed by atoms with van der Waals surface area (Å²) in [5.41, 5.74) is 15.0. The summed E-state index contributed by atoms with van der Waals surface area (Å²) in [7, 11) is 0. The smallest absolute Gasteiger partial charge is 0.164 e. The van der Waals surface area contributed by atoms with Crippen LogP contribution in [0, 0.1) is 6.92 Å². The van der Waals surface area contributed by atoms with Gasteiger partial charge in [0.1, 0.15) is 6.17 Å². The molecule has 61 heavy (non-hydrogen) atoms. The minimum absolute atomic E-state index is 0.347. The molecule has 0 saturated heterocycles. The Labute approximate surface area is 355 Å². The highest BCUT2D eigenvalue weighted by Gasteiger charge is 2.23. The fourth-order valence-electron chi connectivity index (χ4n) is 7.81. The van der Waals surface area contributed by atoms with E-state index in [1.54, 1.807) is 0 Å². The van der Waals surface area contributed by atoms with E-state index in [-0.39, 0.29) is 6.17 Å². The van der Waals surface area contributed by atoms with Gasteiger partial charge in [-0.1, -0.05) is 170 Å². The Hall–Kier alpha value is -8.09. The van der Waals surface area contributed by atoms with Gasteiger partial charge in [0.05, 0.1) is 11.4 Å². The second kappa shape index (κ2) is 16.6. The summed E-state index contributed by atoms with van der Waals surface area (Å²) in [6.07, 6.45) is 1.80. The predicted octanol–water partition coefficient (Wildman–Crippen LogP) is 12.7. The molecule has 6 heteroatoms. The number of aromatic nitrogens is 4. The van der Waals surface area contributed by atoms with Crippen molar-refractivity contribution in [1.82, 2.24) is 25.3 Å². The zero-order valence-electron chi connectivity index (χ0n) is 33.5. The van der Waals surface area contributed by atoms with Gasteiger partial charge in [0.2, 0.25) is 0 Å². The average molecular weight is 785 g/mol. The second-order valence-corrected chi connectivity index (χ2v) is 15.0. The number of nitrogens with one attached hydrogen (secondary N) is 1. The summed E-state index contributed by atoms with van der Waals surface area (Å²) in [4.78, 5) is 25.3. The molecule has 10 rings (SSSR count). The van der Waals surface area contributed by atoms with Gasteiger partial charge in [0, 0.05) is 39.2 Å². The van der Waals surface area contributed by atoms with Crippen molar-refractivity contribution in [3.8, 4) is 67.7 Å². The molecule has 290 valence electrons. The minimum atomic E-state index is -0.347. The van der Waals surface area contributed by atoms with Gasteiger partial charge in [0.25, 0.3) is 0 Å². The molecular formula is C55H40N6. The van der Waals surface area contributed by atoms with Gasteiger partial charge in [-0.05, 0) is 82.8 Å². The highest BCUT2D eigenvalue weighted by molar-refractivity contribution is 6.13. The molecule has 1 atom stereocenters. The van der Waals surface area contributed by atoms with Gasteiger partial charge >= 0.3 is 0 Å². The van der Waals surface area contributed by atoms with E-state index < -0.39 is 0 Å². The van der Waals surface area contributed by atoms with Crippen molar-refractivity contribution in [2.45, 2.75) is 13.1 Å². The topological polar surface area (TPSA) is 76.0 Å². The summed E-state index contributed by atoms with van der Waals surface area (Å²) in [5, 5.41) is 3.80. The summed E-state index contributed by atoms with van der Waals surface area (Å²) in [6.45, 7) is 2.03. The zero-order chi connectivity index (χ0) is 41.0. The molecule has 9 aromatic rings. The normalized spacial score (nSPS) is 13.5. The van der Waals surface area contributed by atoms with Crippen molar-refractivity contribution in [2.75, 3.05) is 0 Å². The van der Waals surface area contributed by atoms with Crippen LogP contribution in [-0.2, 0) is 0 Å². The van der Waals surface area contributed by atoms with Crippen molar-refractivity contribution < 1.29 is 0 Å². The van der Waals surface area contributed by atoms with Crippen molar-refractivity contribution in [3.63, 3.8) is 0 Å². The molecule has 7 aromatic carbocycles. The molecule has 3 heterocycles. The highest BCUT2D eigenvalue weighted by Crippen LogP contribution is 2.38. The number of aliphatic imine (C=N–C) groups is 1. The van der Waals surface area contributed by atoms with E-state index in [1.165, 1.54) is 0 Å². The van der Waals surface area contributed by atoms with Crippen LogP contribution in [-0.4, -0.2) is 25.6 Å². The van der Waals surface area contributed by atoms with Crippen LogP contribution in [0.4, 0.5) is 0 Å². The van der Waals surface area contributed by atoms with Crippen LogP contribution < -0.4 is 5.32 Å². The first-order valence-electron chi connectivity index (χ1n) is 20.4. The third kappa shape index (κ3) is 8.03. The molecule has 1 aliphatic rings. The first-order chi connectivity index (χ1) is 30.1. The Morgan fingerprint density at radius 2 is 0.869 bits per heavy atom. The standard InChI is InChI=1S/C55H40N6/c1-37-18-16-31-49(56-37)46-34-44(42-27-17-28-43(32-42)54-60-52(40-23-10-4-11-24-40)59-53(61-54)41-25-12-5-13-26-41)33-45(35-46)47-29-14-15-30-48(47)55-57-50(38-19-6-2-7-20-38)36-51(58-55)39-21-8-3-9-22-39/h2-36,55,57H,1H3.